The Morgan fingerprint density at radius 3 is 1.28 bits per heavy atom. The summed E-state index contributed by atoms with van der Waals surface area (Å²) in [5.41, 5.74) is 0. The predicted octanol–water partition coefficient (Wildman–Crippen LogP) is 14.0. The highest BCUT2D eigenvalue weighted by Crippen LogP contribution is 2.13. The number of hydrogen-bond donors (Lipinski definition) is 1. The monoisotopic (exact) mass is 907 g/mol. The van der Waals surface area contributed by atoms with Crippen molar-refractivity contribution in [2.75, 3.05) is 47.5 Å². The molecule has 0 aliphatic heterocycles. The number of aliphatic carboxylic acids is 1. The predicted molar refractivity (Wildman–Crippen MR) is 271 cm³/mol. The number of ether oxygens (including phenoxy) is 4. The Morgan fingerprint density at radius 2 is 0.846 bits per heavy atom. The van der Waals surface area contributed by atoms with Gasteiger partial charge in [0.15, 0.2) is 6.10 Å². The van der Waals surface area contributed by atoms with Gasteiger partial charge in [-0.1, -0.05) is 175 Å². The number of unbranched alkanes of at least 4 members (excludes halogenated alkanes) is 11. The molecule has 0 bridgehead atoms. The third kappa shape index (κ3) is 47.7. The molecule has 0 saturated heterocycles. The number of hydrogen-bond acceptors (Lipinski definition) is 7. The van der Waals surface area contributed by atoms with Gasteiger partial charge >= 0.3 is 17.9 Å². The van der Waals surface area contributed by atoms with Crippen LogP contribution >= 0.6 is 0 Å². The molecule has 0 saturated carbocycles. The number of nitrogens with zero attached hydrogens (tertiary/aromatic N) is 1. The fraction of sp³-hybridized carbons (Fsp3) is 0.625. The summed E-state index contributed by atoms with van der Waals surface area (Å²) in [6.07, 6.45) is 60.2. The van der Waals surface area contributed by atoms with E-state index in [-0.39, 0.29) is 38.6 Å². The molecule has 0 aromatic heterocycles. The number of carboxylic acid groups (broad SMARTS) is 1. The molecule has 9 heteroatoms. The van der Waals surface area contributed by atoms with Gasteiger partial charge in [0.25, 0.3) is 6.29 Å². The van der Waals surface area contributed by atoms with E-state index in [2.05, 4.69) is 123 Å². The fourth-order valence-electron chi connectivity index (χ4n) is 6.21. The fourth-order valence-corrected chi connectivity index (χ4v) is 6.21. The first-order valence-electron chi connectivity index (χ1n) is 25.1. The van der Waals surface area contributed by atoms with E-state index in [9.17, 15) is 19.5 Å². The minimum absolute atomic E-state index is 0.170. The van der Waals surface area contributed by atoms with Crippen molar-refractivity contribution in [1.82, 2.24) is 0 Å². The van der Waals surface area contributed by atoms with E-state index < -0.39 is 24.3 Å². The second-order valence-corrected chi connectivity index (χ2v) is 17.4. The Labute approximate surface area is 396 Å². The molecule has 0 fully saturated rings. The van der Waals surface area contributed by atoms with Crippen LogP contribution in [0.15, 0.2) is 109 Å². The lowest BCUT2D eigenvalue weighted by Gasteiger charge is -2.25. The highest BCUT2D eigenvalue weighted by Gasteiger charge is 2.25. The number of allylic oxidation sites excluding steroid dienone is 18. The molecule has 0 aromatic carbocycles. The van der Waals surface area contributed by atoms with Gasteiger partial charge in [0.2, 0.25) is 0 Å². The minimum atomic E-state index is -1.53. The zero-order valence-corrected chi connectivity index (χ0v) is 41.6. The first kappa shape index (κ1) is 60.9. The molecule has 2 atom stereocenters. The molecular weight excluding hydrogens is 815 g/mol. The van der Waals surface area contributed by atoms with Gasteiger partial charge < -0.3 is 28.5 Å². The molecular formula is C56H92NO8+. The number of likely N-dealkylation sites (N-methyl/N-ethyl adjacent to an activating group) is 1. The summed E-state index contributed by atoms with van der Waals surface area (Å²) in [4.78, 5) is 37.2. The maximum Gasteiger partial charge on any atom is 0.361 e. The SMILES string of the molecule is CC/C=C\C/C=C\C/C=C\C/C=C\C/C=C\CCCC(=O)OC(COC(=O)CCCCCCCCCCCC/C=C\C/C=C\C/C=C\C/C=C\CC)COC(OCC[N+](C)(C)C)C(=O)O. The first-order valence-corrected chi connectivity index (χ1v) is 25.1. The van der Waals surface area contributed by atoms with Crippen LogP contribution in [0.25, 0.3) is 0 Å². The van der Waals surface area contributed by atoms with Crippen molar-refractivity contribution in [1.29, 1.82) is 0 Å². The molecule has 0 rings (SSSR count). The summed E-state index contributed by atoms with van der Waals surface area (Å²) in [7, 11) is 5.93. The molecule has 2 unspecified atom stereocenters. The third-order valence-electron chi connectivity index (χ3n) is 10.0. The van der Waals surface area contributed by atoms with Crippen molar-refractivity contribution < 1.29 is 42.9 Å². The molecule has 0 aromatic rings. The smallest absolute Gasteiger partial charge is 0.361 e. The molecule has 0 amide bonds. The summed E-state index contributed by atoms with van der Waals surface area (Å²) in [5, 5.41) is 9.66. The number of carboxylic acids is 1. The van der Waals surface area contributed by atoms with Crippen molar-refractivity contribution in [2.45, 2.75) is 180 Å². The van der Waals surface area contributed by atoms with Crippen molar-refractivity contribution in [3.63, 3.8) is 0 Å². The molecule has 368 valence electrons. The van der Waals surface area contributed by atoms with Crippen LogP contribution in [0.1, 0.15) is 168 Å². The highest BCUT2D eigenvalue weighted by atomic mass is 16.7. The lowest BCUT2D eigenvalue weighted by Crippen LogP contribution is -2.40. The van der Waals surface area contributed by atoms with Crippen molar-refractivity contribution >= 4 is 17.9 Å². The topological polar surface area (TPSA) is 108 Å². The van der Waals surface area contributed by atoms with Crippen LogP contribution in [0, 0.1) is 0 Å². The van der Waals surface area contributed by atoms with E-state index in [1.165, 1.54) is 38.5 Å². The lowest BCUT2D eigenvalue weighted by molar-refractivity contribution is -0.870. The molecule has 0 spiro atoms. The molecule has 0 heterocycles. The summed E-state index contributed by atoms with van der Waals surface area (Å²) < 4.78 is 22.7. The molecule has 1 N–H and O–H groups in total. The number of carbonyl (C=O) groups excluding carboxylic acids is 2. The number of quaternary nitrogens is 1. The van der Waals surface area contributed by atoms with Gasteiger partial charge in [0.1, 0.15) is 13.2 Å². The third-order valence-corrected chi connectivity index (χ3v) is 10.0. The van der Waals surface area contributed by atoms with Crippen molar-refractivity contribution in [2.24, 2.45) is 0 Å². The molecule has 0 aliphatic carbocycles. The number of esters is 2. The van der Waals surface area contributed by atoms with Gasteiger partial charge in [-0.2, -0.15) is 0 Å². The Bertz CT molecular complexity index is 1430. The van der Waals surface area contributed by atoms with Crippen molar-refractivity contribution in [3.05, 3.63) is 109 Å². The second-order valence-electron chi connectivity index (χ2n) is 17.4. The van der Waals surface area contributed by atoms with Crippen LogP contribution in [0.2, 0.25) is 0 Å². The lowest BCUT2D eigenvalue weighted by atomic mass is 10.1. The molecule has 0 aliphatic rings. The zero-order chi connectivity index (χ0) is 47.7. The van der Waals surface area contributed by atoms with E-state index in [0.717, 1.165) is 89.9 Å². The van der Waals surface area contributed by atoms with Gasteiger partial charge in [-0.15, -0.1) is 0 Å². The summed E-state index contributed by atoms with van der Waals surface area (Å²) >= 11 is 0. The molecule has 65 heavy (non-hydrogen) atoms. The normalized spacial score (nSPS) is 13.8. The summed E-state index contributed by atoms with van der Waals surface area (Å²) in [6.45, 7) is 4.55. The highest BCUT2D eigenvalue weighted by molar-refractivity contribution is 5.71. The van der Waals surface area contributed by atoms with Gasteiger partial charge in [0.05, 0.1) is 34.4 Å². The maximum atomic E-state index is 12.8. The van der Waals surface area contributed by atoms with Gasteiger partial charge in [-0.25, -0.2) is 4.79 Å². The Balaban J connectivity index is 4.43. The summed E-state index contributed by atoms with van der Waals surface area (Å²) in [6, 6.07) is 0. The average Bonchev–Trinajstić information content (AvgIpc) is 3.27. The standard InChI is InChI=1S/C56H91NO8/c1-6-8-10-12-14-16-18-20-22-24-25-26-27-28-29-31-32-34-36-38-40-42-44-46-53(58)63-50-52(51-64-56(55(60)61)62-49-48-57(3,4)5)65-54(59)47-45-43-41-39-37-35-33-30-23-21-19-17-15-13-11-9-7-2/h8-11,14-17,20-23,25-26,33,35,39,41,52,56H,6-7,12-13,18-19,24,27-32,34,36-38,40,42-51H2,1-5H3/p+1/b10-8-,11-9-,16-14-,17-15-,22-20-,23-21-,26-25-,35-33-,41-39-. The van der Waals surface area contributed by atoms with Crippen LogP contribution in [0.3, 0.4) is 0 Å². The molecule has 0 radical (unpaired) electrons. The Hall–Kier alpha value is -4.05. The van der Waals surface area contributed by atoms with Gasteiger partial charge in [0, 0.05) is 12.8 Å². The van der Waals surface area contributed by atoms with E-state index >= 15 is 0 Å². The Kier molecular flexibility index (Phi) is 43.6. The van der Waals surface area contributed by atoms with E-state index in [1.807, 2.05) is 21.1 Å². The van der Waals surface area contributed by atoms with Crippen LogP contribution < -0.4 is 0 Å². The minimum Gasteiger partial charge on any atom is -0.477 e. The van der Waals surface area contributed by atoms with E-state index in [4.69, 9.17) is 18.9 Å². The van der Waals surface area contributed by atoms with Gasteiger partial charge in [-0.3, -0.25) is 9.59 Å². The second kappa shape index (κ2) is 46.5. The largest absolute Gasteiger partial charge is 0.477 e. The quantitative estimate of drug-likeness (QED) is 0.0212. The van der Waals surface area contributed by atoms with Crippen LogP contribution in [0.5, 0.6) is 0 Å². The number of rotatable bonds is 44. The zero-order valence-electron chi connectivity index (χ0n) is 41.6. The number of carbonyl (C=O) groups is 3. The van der Waals surface area contributed by atoms with Crippen LogP contribution in [0.4, 0.5) is 0 Å². The Morgan fingerprint density at radius 1 is 0.462 bits per heavy atom. The summed E-state index contributed by atoms with van der Waals surface area (Å²) in [5.74, 6) is -2.11. The molecule has 9 nitrogen and oxygen atoms in total. The van der Waals surface area contributed by atoms with Crippen LogP contribution in [-0.4, -0.2) is 87.4 Å². The maximum absolute atomic E-state index is 12.8. The first-order chi connectivity index (χ1) is 31.6. The van der Waals surface area contributed by atoms with Gasteiger partial charge in [-0.05, 0) is 89.9 Å². The average molecular weight is 907 g/mol. The van der Waals surface area contributed by atoms with E-state index in [0.29, 0.717) is 23.9 Å². The van der Waals surface area contributed by atoms with E-state index in [1.54, 1.807) is 0 Å². The van der Waals surface area contributed by atoms with Crippen molar-refractivity contribution in [3.8, 4) is 0 Å². The van der Waals surface area contributed by atoms with Crippen LogP contribution in [-0.2, 0) is 33.3 Å².